The number of rotatable bonds is 7. The third-order valence-corrected chi connectivity index (χ3v) is 6.59. The highest BCUT2D eigenvalue weighted by molar-refractivity contribution is 6.03. The minimum Gasteiger partial charge on any atom is -0.497 e. The molecule has 0 saturated carbocycles. The van der Waals surface area contributed by atoms with E-state index in [2.05, 4.69) is 41.8 Å². The summed E-state index contributed by atoms with van der Waals surface area (Å²) < 4.78 is 11.0. The smallest absolute Gasteiger partial charge is 0.257 e. The molecule has 33 heavy (non-hydrogen) atoms. The first-order chi connectivity index (χ1) is 16.0. The molecule has 4 rings (SSSR count). The predicted octanol–water partition coefficient (Wildman–Crippen LogP) is 3.33. The fourth-order valence-corrected chi connectivity index (χ4v) is 4.60. The fraction of sp³-hybridized carbons (Fsp3) is 0.462. The van der Waals surface area contributed by atoms with Crippen LogP contribution in [0.1, 0.15) is 36.1 Å². The van der Waals surface area contributed by atoms with Gasteiger partial charge in [-0.05, 0) is 31.2 Å². The number of nitrogens with zero attached hydrogens (tertiary/aromatic N) is 4. The van der Waals surface area contributed by atoms with Gasteiger partial charge in [0.25, 0.3) is 5.91 Å². The van der Waals surface area contributed by atoms with Crippen molar-refractivity contribution in [3.05, 3.63) is 59.2 Å². The second-order valence-corrected chi connectivity index (χ2v) is 8.69. The normalized spacial score (nSPS) is 19.5. The van der Waals surface area contributed by atoms with Gasteiger partial charge < -0.3 is 14.4 Å². The summed E-state index contributed by atoms with van der Waals surface area (Å²) in [4.78, 5) is 18.2. The van der Waals surface area contributed by atoms with Crippen molar-refractivity contribution in [3.63, 3.8) is 0 Å². The minimum absolute atomic E-state index is 0.0190. The number of hydrazone groups is 1. The van der Waals surface area contributed by atoms with Crippen LogP contribution in [0.3, 0.4) is 0 Å². The monoisotopic (exact) mass is 450 g/mol. The van der Waals surface area contributed by atoms with Gasteiger partial charge in [-0.1, -0.05) is 36.8 Å². The lowest BCUT2D eigenvalue weighted by Gasteiger charge is -2.34. The number of benzene rings is 2. The highest BCUT2D eigenvalue weighted by atomic mass is 16.5. The number of ether oxygens (including phenoxy) is 2. The van der Waals surface area contributed by atoms with Gasteiger partial charge in [-0.25, -0.2) is 5.01 Å². The van der Waals surface area contributed by atoms with Crippen molar-refractivity contribution < 1.29 is 14.3 Å². The van der Waals surface area contributed by atoms with Crippen LogP contribution in [0.2, 0.25) is 0 Å². The Bertz CT molecular complexity index is 1010. The van der Waals surface area contributed by atoms with Crippen molar-refractivity contribution in [2.75, 3.05) is 53.5 Å². The van der Waals surface area contributed by atoms with Gasteiger partial charge >= 0.3 is 0 Å². The van der Waals surface area contributed by atoms with E-state index in [-0.39, 0.29) is 11.9 Å². The first-order valence-electron chi connectivity index (χ1n) is 11.7. The molecule has 2 aliphatic heterocycles. The maximum atomic E-state index is 13.5. The van der Waals surface area contributed by atoms with Crippen LogP contribution in [0.25, 0.3) is 0 Å². The quantitative estimate of drug-likeness (QED) is 0.648. The van der Waals surface area contributed by atoms with Crippen molar-refractivity contribution in [1.82, 2.24) is 14.8 Å². The molecule has 1 fully saturated rings. The number of methoxy groups -OCH3 is 2. The summed E-state index contributed by atoms with van der Waals surface area (Å²) in [5.74, 6) is 1.44. The van der Waals surface area contributed by atoms with Crippen LogP contribution in [0, 0.1) is 6.92 Å². The molecule has 2 aromatic rings. The van der Waals surface area contributed by atoms with Crippen LogP contribution in [0.4, 0.5) is 0 Å². The summed E-state index contributed by atoms with van der Waals surface area (Å²) >= 11 is 0. The number of likely N-dealkylation sites (N-methyl/N-ethyl adjacent to an activating group) is 1. The zero-order valence-electron chi connectivity index (χ0n) is 20.1. The lowest BCUT2D eigenvalue weighted by atomic mass is 9.97. The summed E-state index contributed by atoms with van der Waals surface area (Å²) in [5.41, 5.74) is 4.09. The minimum atomic E-state index is -0.217. The first kappa shape index (κ1) is 23.3. The molecule has 0 aliphatic carbocycles. The van der Waals surface area contributed by atoms with Crippen LogP contribution in [0.15, 0.2) is 47.6 Å². The number of aryl methyl sites for hydroxylation is 1. The van der Waals surface area contributed by atoms with Crippen LogP contribution < -0.4 is 9.47 Å². The molecular formula is C26H34N4O3. The topological polar surface area (TPSA) is 57.6 Å². The molecular weight excluding hydrogens is 416 g/mol. The summed E-state index contributed by atoms with van der Waals surface area (Å²) in [7, 11) is 3.28. The maximum absolute atomic E-state index is 13.5. The Balaban J connectivity index is 1.61. The Morgan fingerprint density at radius 1 is 1.03 bits per heavy atom. The van der Waals surface area contributed by atoms with Gasteiger partial charge in [-0.15, -0.1) is 0 Å². The molecule has 2 heterocycles. The Hall–Kier alpha value is -2.90. The Kier molecular flexibility index (Phi) is 7.30. The highest BCUT2D eigenvalue weighted by Gasteiger charge is 2.35. The zero-order valence-corrected chi connectivity index (χ0v) is 20.1. The summed E-state index contributed by atoms with van der Waals surface area (Å²) in [6.07, 6.45) is 0.640. The van der Waals surface area contributed by atoms with E-state index < -0.39 is 0 Å². The number of hydrogen-bond donors (Lipinski definition) is 0. The van der Waals surface area contributed by atoms with Gasteiger partial charge in [-0.2, -0.15) is 5.10 Å². The molecule has 7 nitrogen and oxygen atoms in total. The SMILES string of the molecule is CCN1CCN(CC(=O)N2N=C(c3cccc(C)c3)CC2c2ccc(OC)cc2OC)CC1. The van der Waals surface area contributed by atoms with E-state index in [0.29, 0.717) is 18.7 Å². The fourth-order valence-electron chi connectivity index (χ4n) is 4.60. The van der Waals surface area contributed by atoms with Crippen molar-refractivity contribution in [1.29, 1.82) is 0 Å². The average molecular weight is 451 g/mol. The van der Waals surface area contributed by atoms with Crippen LogP contribution in [-0.2, 0) is 4.79 Å². The van der Waals surface area contributed by atoms with Crippen molar-refractivity contribution in [3.8, 4) is 11.5 Å². The van der Waals surface area contributed by atoms with Crippen molar-refractivity contribution >= 4 is 11.6 Å². The van der Waals surface area contributed by atoms with Gasteiger partial charge in [0.2, 0.25) is 0 Å². The van der Waals surface area contributed by atoms with Gasteiger partial charge in [0.15, 0.2) is 0 Å². The number of carbonyl (C=O) groups excluding carboxylic acids is 1. The van der Waals surface area contributed by atoms with Gasteiger partial charge in [0.05, 0.1) is 32.5 Å². The lowest BCUT2D eigenvalue weighted by Crippen LogP contribution is -2.49. The Morgan fingerprint density at radius 2 is 1.79 bits per heavy atom. The summed E-state index contributed by atoms with van der Waals surface area (Å²) in [6, 6.07) is 13.8. The molecule has 1 atom stereocenters. The van der Waals surface area contributed by atoms with E-state index in [1.807, 2.05) is 24.3 Å². The van der Waals surface area contributed by atoms with Gasteiger partial charge in [0, 0.05) is 44.2 Å². The number of carbonyl (C=O) groups is 1. The van der Waals surface area contributed by atoms with E-state index in [9.17, 15) is 4.79 Å². The first-order valence-corrected chi connectivity index (χ1v) is 11.7. The molecule has 2 aliphatic rings. The second kappa shape index (κ2) is 10.4. The molecule has 1 unspecified atom stereocenters. The Labute approximate surface area is 196 Å². The molecule has 2 aromatic carbocycles. The van der Waals surface area contributed by atoms with Crippen molar-refractivity contribution in [2.45, 2.75) is 26.3 Å². The van der Waals surface area contributed by atoms with E-state index in [1.54, 1.807) is 19.2 Å². The lowest BCUT2D eigenvalue weighted by molar-refractivity contribution is -0.134. The predicted molar refractivity (Wildman–Crippen MR) is 130 cm³/mol. The molecule has 176 valence electrons. The molecule has 0 spiro atoms. The summed E-state index contributed by atoms with van der Waals surface area (Å²) in [5, 5.41) is 6.52. The zero-order chi connectivity index (χ0) is 23.4. The molecule has 7 heteroatoms. The maximum Gasteiger partial charge on any atom is 0.257 e. The number of hydrogen-bond acceptors (Lipinski definition) is 6. The van der Waals surface area contributed by atoms with E-state index in [0.717, 1.165) is 55.3 Å². The molecule has 1 amide bonds. The third kappa shape index (κ3) is 5.20. The molecule has 1 saturated heterocycles. The van der Waals surface area contributed by atoms with E-state index in [4.69, 9.17) is 14.6 Å². The second-order valence-electron chi connectivity index (χ2n) is 8.69. The Morgan fingerprint density at radius 3 is 2.45 bits per heavy atom. The standard InChI is InChI=1S/C26H34N4O3/c1-5-28-11-13-29(14-12-28)18-26(31)30-24(22-10-9-21(32-3)16-25(22)33-4)17-23(27-30)20-8-6-7-19(2)15-20/h6-10,15-16,24H,5,11-14,17-18H2,1-4H3. The van der Waals surface area contributed by atoms with Crippen LogP contribution in [0.5, 0.6) is 11.5 Å². The molecule has 0 aromatic heterocycles. The molecule has 0 bridgehead atoms. The van der Waals surface area contributed by atoms with Crippen molar-refractivity contribution in [2.24, 2.45) is 5.10 Å². The van der Waals surface area contributed by atoms with Gasteiger partial charge in [-0.3, -0.25) is 9.69 Å². The summed E-state index contributed by atoms with van der Waals surface area (Å²) in [6.45, 7) is 9.47. The molecule has 0 radical (unpaired) electrons. The number of piperazine rings is 1. The molecule has 0 N–H and O–H groups in total. The third-order valence-electron chi connectivity index (χ3n) is 6.59. The average Bonchev–Trinajstić information content (AvgIpc) is 3.29. The highest BCUT2D eigenvalue weighted by Crippen LogP contribution is 2.39. The van der Waals surface area contributed by atoms with E-state index >= 15 is 0 Å². The van der Waals surface area contributed by atoms with E-state index in [1.165, 1.54) is 5.56 Å². The van der Waals surface area contributed by atoms with Crippen LogP contribution in [-0.4, -0.2) is 79.9 Å². The number of amides is 1. The van der Waals surface area contributed by atoms with Gasteiger partial charge in [0.1, 0.15) is 11.5 Å². The largest absolute Gasteiger partial charge is 0.497 e. The van der Waals surface area contributed by atoms with Crippen LogP contribution >= 0.6 is 0 Å².